The largest absolute Gasteiger partial charge is 0.383 e. The predicted octanol–water partition coefficient (Wildman–Crippen LogP) is 6.67. The number of nitrogens with one attached hydrogen (secondary N) is 2. The summed E-state index contributed by atoms with van der Waals surface area (Å²) in [5.74, 6) is 0.950. The summed E-state index contributed by atoms with van der Waals surface area (Å²) < 4.78 is 0. The molecule has 54 heavy (non-hydrogen) atoms. The number of amides is 2. The number of aliphatic hydroxyl groups is 2. The van der Waals surface area contributed by atoms with Crippen molar-refractivity contribution in [1.29, 1.82) is 0 Å². The van der Waals surface area contributed by atoms with Crippen LogP contribution in [-0.2, 0) is 22.4 Å². The molecule has 10 heteroatoms. The van der Waals surface area contributed by atoms with Crippen molar-refractivity contribution in [2.75, 3.05) is 13.1 Å². The van der Waals surface area contributed by atoms with Gasteiger partial charge in [0.05, 0.1) is 35.9 Å². The van der Waals surface area contributed by atoms with Gasteiger partial charge in [0.15, 0.2) is 0 Å². The molecule has 4 atom stereocenters. The molecule has 8 rings (SSSR count). The van der Waals surface area contributed by atoms with Crippen LogP contribution in [0.3, 0.4) is 0 Å². The Morgan fingerprint density at radius 2 is 0.944 bits per heavy atom. The highest BCUT2D eigenvalue weighted by Crippen LogP contribution is 2.35. The molecule has 2 aliphatic heterocycles. The zero-order chi connectivity index (χ0) is 37.0. The SMILES string of the molecule is O=C([C@@H](O)Cc1ccccc1)N1CCCC1c1ncc(-c2ccc(-c3ccc(-c4cnc(C5CCCN5C(=O)[C@@H](O)Cc5ccccc5)[nH]4)cc3)cc2)[nH]1. The van der Waals surface area contributed by atoms with E-state index in [2.05, 4.69) is 68.5 Å². The van der Waals surface area contributed by atoms with Gasteiger partial charge in [0.2, 0.25) is 0 Å². The molecular formula is C44H44N6O4. The lowest BCUT2D eigenvalue weighted by Gasteiger charge is -2.25. The van der Waals surface area contributed by atoms with Gasteiger partial charge in [0.25, 0.3) is 11.8 Å². The van der Waals surface area contributed by atoms with Crippen molar-refractivity contribution in [3.8, 4) is 33.6 Å². The number of carbonyl (C=O) groups is 2. The number of imidazole rings is 2. The van der Waals surface area contributed by atoms with Crippen LogP contribution < -0.4 is 0 Å². The Labute approximate surface area is 314 Å². The number of aromatic amines is 2. The van der Waals surface area contributed by atoms with Crippen LogP contribution in [0.5, 0.6) is 0 Å². The molecular weight excluding hydrogens is 677 g/mol. The molecule has 4 heterocycles. The lowest BCUT2D eigenvalue weighted by Crippen LogP contribution is -2.40. The van der Waals surface area contributed by atoms with E-state index in [4.69, 9.17) is 0 Å². The van der Waals surface area contributed by atoms with Gasteiger partial charge in [0, 0.05) is 25.9 Å². The highest BCUT2D eigenvalue weighted by Gasteiger charge is 2.36. The van der Waals surface area contributed by atoms with E-state index >= 15 is 0 Å². The van der Waals surface area contributed by atoms with E-state index in [0.29, 0.717) is 13.1 Å². The molecule has 2 amide bonds. The van der Waals surface area contributed by atoms with E-state index in [-0.39, 0.29) is 36.7 Å². The van der Waals surface area contributed by atoms with E-state index in [1.54, 1.807) is 9.80 Å². The van der Waals surface area contributed by atoms with Crippen LogP contribution in [0.25, 0.3) is 33.6 Å². The third-order valence-corrected chi connectivity index (χ3v) is 10.7. The van der Waals surface area contributed by atoms with E-state index in [9.17, 15) is 19.8 Å². The minimum absolute atomic E-state index is 0.196. The van der Waals surface area contributed by atoms with Crippen molar-refractivity contribution >= 4 is 11.8 Å². The van der Waals surface area contributed by atoms with Gasteiger partial charge in [-0.1, -0.05) is 109 Å². The summed E-state index contributed by atoms with van der Waals surface area (Å²) in [6, 6.07) is 35.4. The molecule has 0 radical (unpaired) electrons. The molecule has 274 valence electrons. The van der Waals surface area contributed by atoms with Crippen molar-refractivity contribution in [3.05, 3.63) is 144 Å². The van der Waals surface area contributed by atoms with Gasteiger partial charge in [-0.05, 0) is 59.1 Å². The Balaban J connectivity index is 0.896. The Hall–Kier alpha value is -5.84. The maximum absolute atomic E-state index is 13.3. The zero-order valence-corrected chi connectivity index (χ0v) is 30.0. The highest BCUT2D eigenvalue weighted by molar-refractivity contribution is 5.82. The van der Waals surface area contributed by atoms with E-state index < -0.39 is 12.2 Å². The second kappa shape index (κ2) is 15.6. The lowest BCUT2D eigenvalue weighted by molar-refractivity contribution is -0.141. The maximum Gasteiger partial charge on any atom is 0.252 e. The fourth-order valence-electron chi connectivity index (χ4n) is 7.85. The van der Waals surface area contributed by atoms with Crippen LogP contribution in [-0.4, -0.2) is 77.1 Å². The van der Waals surface area contributed by atoms with E-state index in [1.807, 2.05) is 73.1 Å². The third kappa shape index (κ3) is 7.48. The molecule has 2 saturated heterocycles. The summed E-state index contributed by atoms with van der Waals surface area (Å²) >= 11 is 0. The van der Waals surface area contributed by atoms with Crippen molar-refractivity contribution in [1.82, 2.24) is 29.7 Å². The molecule has 6 aromatic rings. The molecule has 2 aliphatic rings. The molecule has 4 aromatic carbocycles. The van der Waals surface area contributed by atoms with Crippen molar-refractivity contribution < 1.29 is 19.8 Å². The van der Waals surface area contributed by atoms with Crippen molar-refractivity contribution in [2.24, 2.45) is 0 Å². The zero-order valence-electron chi connectivity index (χ0n) is 30.0. The normalized spacial score (nSPS) is 18.2. The predicted molar refractivity (Wildman–Crippen MR) is 207 cm³/mol. The first kappa shape index (κ1) is 35.2. The Morgan fingerprint density at radius 3 is 1.33 bits per heavy atom. The molecule has 0 saturated carbocycles. The summed E-state index contributed by atoms with van der Waals surface area (Å²) in [7, 11) is 0. The number of hydrogen-bond acceptors (Lipinski definition) is 6. The fraction of sp³-hybridized carbons (Fsp3) is 0.273. The number of benzene rings is 4. The lowest BCUT2D eigenvalue weighted by atomic mass is 10.0. The quantitative estimate of drug-likeness (QED) is 0.118. The van der Waals surface area contributed by atoms with Gasteiger partial charge < -0.3 is 30.0 Å². The van der Waals surface area contributed by atoms with Gasteiger partial charge >= 0.3 is 0 Å². The smallest absolute Gasteiger partial charge is 0.252 e. The molecule has 2 fully saturated rings. The second-order valence-corrected chi connectivity index (χ2v) is 14.3. The van der Waals surface area contributed by atoms with Crippen LogP contribution in [0.2, 0.25) is 0 Å². The Bertz CT molecular complexity index is 2020. The first-order valence-electron chi connectivity index (χ1n) is 18.8. The van der Waals surface area contributed by atoms with Crippen LogP contribution in [0.15, 0.2) is 122 Å². The van der Waals surface area contributed by atoms with E-state index in [1.165, 1.54) is 0 Å². The number of nitrogens with zero attached hydrogens (tertiary/aromatic N) is 4. The standard InChI is InChI=1S/C44H44N6O4/c51-39(25-29-9-3-1-4-10-29)43(53)49-23-7-13-37(49)41-45-27-35(47-41)33-19-15-31(16-20-33)32-17-21-34(22-18-32)36-28-46-42(48-36)38-14-8-24-50(38)44(54)40(52)26-30-11-5-2-6-12-30/h1-6,9-12,15-22,27-28,37-40,51-52H,7-8,13-14,23-26H2,(H,45,47)(H,46,48)/t37?,38?,39-,40-/m0/s1. The molecule has 2 unspecified atom stereocenters. The fourth-order valence-corrected chi connectivity index (χ4v) is 7.85. The summed E-state index contributed by atoms with van der Waals surface area (Å²) in [6.45, 7) is 1.20. The van der Waals surface area contributed by atoms with Gasteiger partial charge in [-0.3, -0.25) is 9.59 Å². The summed E-state index contributed by atoms with van der Waals surface area (Å²) in [6.07, 6.45) is 5.33. The van der Waals surface area contributed by atoms with Crippen LogP contribution in [0, 0.1) is 0 Å². The van der Waals surface area contributed by atoms with Crippen LogP contribution in [0.1, 0.15) is 60.5 Å². The number of likely N-dealkylation sites (tertiary alicyclic amines) is 2. The van der Waals surface area contributed by atoms with Gasteiger partial charge in [-0.25, -0.2) is 9.97 Å². The first-order valence-corrected chi connectivity index (χ1v) is 18.8. The Morgan fingerprint density at radius 1 is 0.574 bits per heavy atom. The summed E-state index contributed by atoms with van der Waals surface area (Å²) in [5.41, 5.74) is 7.74. The number of aromatic nitrogens is 4. The summed E-state index contributed by atoms with van der Waals surface area (Å²) in [5, 5.41) is 21.5. The molecule has 0 bridgehead atoms. The maximum atomic E-state index is 13.3. The van der Waals surface area contributed by atoms with Crippen LogP contribution >= 0.6 is 0 Å². The first-order chi connectivity index (χ1) is 26.4. The number of H-pyrrole nitrogens is 2. The number of hydrogen-bond donors (Lipinski definition) is 4. The molecule has 10 nitrogen and oxygen atoms in total. The average molecular weight is 721 g/mol. The molecule has 0 aliphatic carbocycles. The van der Waals surface area contributed by atoms with E-state index in [0.717, 1.165) is 82.1 Å². The molecule has 2 aromatic heterocycles. The molecule has 0 spiro atoms. The molecule has 4 N–H and O–H groups in total. The average Bonchev–Trinajstić information content (AvgIpc) is 4.05. The van der Waals surface area contributed by atoms with Gasteiger partial charge in [-0.15, -0.1) is 0 Å². The number of rotatable bonds is 11. The second-order valence-electron chi connectivity index (χ2n) is 14.3. The number of carbonyl (C=O) groups excluding carboxylic acids is 2. The summed E-state index contributed by atoms with van der Waals surface area (Å²) in [4.78, 5) is 46.2. The monoisotopic (exact) mass is 720 g/mol. The van der Waals surface area contributed by atoms with Crippen molar-refractivity contribution in [3.63, 3.8) is 0 Å². The number of aliphatic hydroxyl groups excluding tert-OH is 2. The van der Waals surface area contributed by atoms with Crippen molar-refractivity contribution in [2.45, 2.75) is 62.8 Å². The Kier molecular flexibility index (Phi) is 10.2. The third-order valence-electron chi connectivity index (χ3n) is 10.7. The van der Waals surface area contributed by atoms with Gasteiger partial charge in [0.1, 0.15) is 23.9 Å². The highest BCUT2D eigenvalue weighted by atomic mass is 16.3. The minimum atomic E-state index is -1.09. The minimum Gasteiger partial charge on any atom is -0.383 e. The van der Waals surface area contributed by atoms with Gasteiger partial charge in [-0.2, -0.15) is 0 Å². The van der Waals surface area contributed by atoms with Crippen LogP contribution in [0.4, 0.5) is 0 Å². The topological polar surface area (TPSA) is 138 Å².